The molecule has 2 aliphatic heterocycles. The van der Waals surface area contributed by atoms with Gasteiger partial charge in [-0.05, 0) is 43.4 Å². The second kappa shape index (κ2) is 8.28. The van der Waals surface area contributed by atoms with E-state index in [-0.39, 0.29) is 24.4 Å². The fourth-order valence-corrected chi connectivity index (χ4v) is 3.51. The number of likely N-dealkylation sites (tertiary alicyclic amines) is 1. The lowest BCUT2D eigenvalue weighted by molar-refractivity contribution is -0.132. The highest BCUT2D eigenvalue weighted by Gasteiger charge is 2.26. The molecule has 1 aromatic rings. The van der Waals surface area contributed by atoms with Gasteiger partial charge in [0.25, 0.3) is 0 Å². The number of hydrogen-bond donors (Lipinski definition) is 1. The van der Waals surface area contributed by atoms with E-state index in [2.05, 4.69) is 0 Å². The molecule has 1 fully saturated rings. The maximum absolute atomic E-state index is 12.6. The second-order valence-corrected chi connectivity index (χ2v) is 6.79. The molecule has 0 bridgehead atoms. The van der Waals surface area contributed by atoms with Crippen molar-refractivity contribution in [2.75, 3.05) is 26.3 Å². The molecule has 3 rings (SSSR count). The minimum absolute atomic E-state index is 0. The van der Waals surface area contributed by atoms with Crippen molar-refractivity contribution in [3.8, 4) is 11.5 Å². The molecule has 0 aromatic heterocycles. The topological polar surface area (TPSA) is 64.8 Å². The Labute approximate surface area is 153 Å². The van der Waals surface area contributed by atoms with Crippen molar-refractivity contribution >= 4 is 29.9 Å². The van der Waals surface area contributed by atoms with Gasteiger partial charge in [-0.3, -0.25) is 4.79 Å². The number of ether oxygens (including phenoxy) is 2. The van der Waals surface area contributed by atoms with Gasteiger partial charge in [-0.15, -0.1) is 12.4 Å². The van der Waals surface area contributed by atoms with Crippen LogP contribution in [-0.4, -0.2) is 43.2 Å². The number of hydrogen-bond acceptors (Lipinski definition) is 4. The largest absolute Gasteiger partial charge is 0.486 e. The fraction of sp³-hybridized carbons (Fsp3) is 0.588. The third-order valence-corrected chi connectivity index (χ3v) is 4.85. The molecule has 2 heterocycles. The first-order valence-corrected chi connectivity index (χ1v) is 8.54. The number of carbonyl (C=O) groups is 1. The Kier molecular flexibility index (Phi) is 6.61. The predicted molar refractivity (Wildman–Crippen MR) is 96.3 cm³/mol. The normalized spacial score (nSPS) is 21.0. The molecule has 5 nitrogen and oxygen atoms in total. The van der Waals surface area contributed by atoms with Crippen molar-refractivity contribution in [2.45, 2.75) is 32.2 Å². The number of nitrogens with two attached hydrogens (primary N) is 1. The average molecular weight is 375 g/mol. The maximum atomic E-state index is 12.6. The number of halogens is 2. The van der Waals surface area contributed by atoms with E-state index in [1.807, 2.05) is 17.9 Å². The maximum Gasteiger partial charge on any atom is 0.227 e. The van der Waals surface area contributed by atoms with Crippen LogP contribution in [0.5, 0.6) is 11.5 Å². The Morgan fingerprint density at radius 1 is 1.42 bits per heavy atom. The van der Waals surface area contributed by atoms with Crippen LogP contribution in [0.25, 0.3) is 0 Å². The van der Waals surface area contributed by atoms with Gasteiger partial charge in [0.15, 0.2) is 11.5 Å². The van der Waals surface area contributed by atoms with Gasteiger partial charge in [-0.2, -0.15) is 0 Å². The van der Waals surface area contributed by atoms with Crippen molar-refractivity contribution in [3.63, 3.8) is 0 Å². The van der Waals surface area contributed by atoms with Crippen molar-refractivity contribution in [3.05, 3.63) is 22.7 Å². The van der Waals surface area contributed by atoms with Crippen LogP contribution in [-0.2, 0) is 11.2 Å². The number of benzene rings is 1. The smallest absolute Gasteiger partial charge is 0.227 e. The molecule has 24 heavy (non-hydrogen) atoms. The molecular formula is C17H24Cl2N2O3. The van der Waals surface area contributed by atoms with Gasteiger partial charge in [0, 0.05) is 19.1 Å². The first-order chi connectivity index (χ1) is 11.0. The highest BCUT2D eigenvalue weighted by Crippen LogP contribution is 2.38. The van der Waals surface area contributed by atoms with Crippen LogP contribution >= 0.6 is 24.0 Å². The number of amides is 1. The molecule has 1 aromatic carbocycles. The molecule has 1 amide bonds. The summed E-state index contributed by atoms with van der Waals surface area (Å²) in [4.78, 5) is 14.5. The lowest BCUT2D eigenvalue weighted by atomic mass is 9.92. The lowest BCUT2D eigenvalue weighted by Gasteiger charge is -2.34. The van der Waals surface area contributed by atoms with E-state index in [1.54, 1.807) is 6.07 Å². The van der Waals surface area contributed by atoms with Gasteiger partial charge in [-0.25, -0.2) is 0 Å². The number of carbonyl (C=O) groups excluding carboxylic acids is 1. The van der Waals surface area contributed by atoms with Crippen molar-refractivity contribution in [1.29, 1.82) is 0 Å². The first kappa shape index (κ1) is 19.2. The highest BCUT2D eigenvalue weighted by atomic mass is 35.5. The van der Waals surface area contributed by atoms with Crippen molar-refractivity contribution in [2.24, 2.45) is 11.7 Å². The summed E-state index contributed by atoms with van der Waals surface area (Å²) in [5, 5.41) is 0.497. The third kappa shape index (κ3) is 4.26. The van der Waals surface area contributed by atoms with Crippen molar-refractivity contribution in [1.82, 2.24) is 4.90 Å². The summed E-state index contributed by atoms with van der Waals surface area (Å²) >= 11 is 6.23. The molecule has 134 valence electrons. The molecule has 2 aliphatic rings. The van der Waals surface area contributed by atoms with Crippen LogP contribution in [0.2, 0.25) is 5.02 Å². The summed E-state index contributed by atoms with van der Waals surface area (Å²) < 4.78 is 11.1. The average Bonchev–Trinajstić information content (AvgIpc) is 2.55. The molecule has 2 unspecified atom stereocenters. The Balaban J connectivity index is 0.00000208. The molecule has 0 radical (unpaired) electrons. The summed E-state index contributed by atoms with van der Waals surface area (Å²) in [5.74, 6) is 1.70. The third-order valence-electron chi connectivity index (χ3n) is 4.57. The minimum atomic E-state index is 0. The number of nitrogens with zero attached hydrogens (tertiary/aromatic N) is 1. The molecule has 0 saturated carbocycles. The number of rotatable bonds is 3. The van der Waals surface area contributed by atoms with Gasteiger partial charge in [0.2, 0.25) is 5.91 Å². The van der Waals surface area contributed by atoms with Crippen molar-refractivity contribution < 1.29 is 14.3 Å². The van der Waals surface area contributed by atoms with Crippen LogP contribution in [0.3, 0.4) is 0 Å². The summed E-state index contributed by atoms with van der Waals surface area (Å²) in [7, 11) is 0. The molecular weight excluding hydrogens is 351 g/mol. The molecule has 2 N–H and O–H groups in total. The zero-order valence-electron chi connectivity index (χ0n) is 13.8. The fourth-order valence-electron chi connectivity index (χ4n) is 3.22. The van der Waals surface area contributed by atoms with Gasteiger partial charge in [0.05, 0.1) is 11.4 Å². The van der Waals surface area contributed by atoms with Crippen LogP contribution < -0.4 is 15.2 Å². The van der Waals surface area contributed by atoms with Crippen LogP contribution in [0.15, 0.2) is 12.1 Å². The van der Waals surface area contributed by atoms with Gasteiger partial charge < -0.3 is 20.1 Å². The van der Waals surface area contributed by atoms with E-state index in [9.17, 15) is 4.79 Å². The van der Waals surface area contributed by atoms with E-state index >= 15 is 0 Å². The van der Waals surface area contributed by atoms with Gasteiger partial charge in [-0.1, -0.05) is 11.6 Å². The summed E-state index contributed by atoms with van der Waals surface area (Å²) in [6, 6.07) is 3.76. The van der Waals surface area contributed by atoms with Gasteiger partial charge >= 0.3 is 0 Å². The van der Waals surface area contributed by atoms with E-state index in [4.69, 9.17) is 26.8 Å². The Hall–Kier alpha value is -1.17. The quantitative estimate of drug-likeness (QED) is 0.882. The Morgan fingerprint density at radius 2 is 2.17 bits per heavy atom. The highest BCUT2D eigenvalue weighted by molar-refractivity contribution is 6.32. The monoisotopic (exact) mass is 374 g/mol. The lowest BCUT2D eigenvalue weighted by Crippen LogP contribution is -2.45. The molecule has 7 heteroatoms. The predicted octanol–water partition coefficient (Wildman–Crippen LogP) is 2.66. The van der Waals surface area contributed by atoms with Crippen LogP contribution in [0, 0.1) is 5.92 Å². The standard InChI is InChI=1S/C17H23ClN2O3.ClH/c1-11(19)13-3-2-4-20(10-13)16(21)9-12-7-14(18)17-15(8-12)22-5-6-23-17;/h7-8,11,13H,2-6,9-10,19H2,1H3;1H. The Morgan fingerprint density at radius 3 is 2.92 bits per heavy atom. The van der Waals surface area contributed by atoms with Gasteiger partial charge in [0.1, 0.15) is 13.2 Å². The first-order valence-electron chi connectivity index (χ1n) is 8.16. The van der Waals surface area contributed by atoms with Crippen LogP contribution in [0.4, 0.5) is 0 Å². The minimum Gasteiger partial charge on any atom is -0.486 e. The molecule has 0 spiro atoms. The SMILES string of the molecule is CC(N)C1CCCN(C(=O)Cc2cc(Cl)c3c(c2)OCCO3)C1.Cl. The van der Waals surface area contributed by atoms with Crippen LogP contribution in [0.1, 0.15) is 25.3 Å². The zero-order valence-corrected chi connectivity index (χ0v) is 15.4. The molecule has 0 aliphatic carbocycles. The number of piperidine rings is 1. The number of fused-ring (bicyclic) bond motifs is 1. The van der Waals surface area contributed by atoms with E-state index < -0.39 is 0 Å². The Bertz CT molecular complexity index is 595. The van der Waals surface area contributed by atoms with E-state index in [1.165, 1.54) is 0 Å². The molecule has 1 saturated heterocycles. The zero-order chi connectivity index (χ0) is 16.4. The van der Waals surface area contributed by atoms with E-state index in [0.717, 1.165) is 31.5 Å². The summed E-state index contributed by atoms with van der Waals surface area (Å²) in [6.07, 6.45) is 2.43. The molecule has 2 atom stereocenters. The van der Waals surface area contributed by atoms with E-state index in [0.29, 0.717) is 42.1 Å². The summed E-state index contributed by atoms with van der Waals surface area (Å²) in [6.45, 7) is 4.56. The summed E-state index contributed by atoms with van der Waals surface area (Å²) in [5.41, 5.74) is 6.85. The second-order valence-electron chi connectivity index (χ2n) is 6.38.